The van der Waals surface area contributed by atoms with Crippen LogP contribution in [0.25, 0.3) is 22.4 Å². The lowest BCUT2D eigenvalue weighted by Gasteiger charge is -2.40. The van der Waals surface area contributed by atoms with Crippen molar-refractivity contribution in [1.82, 2.24) is 9.55 Å². The summed E-state index contributed by atoms with van der Waals surface area (Å²) < 4.78 is 8.36. The molecule has 1 spiro atoms. The van der Waals surface area contributed by atoms with Crippen molar-refractivity contribution in [1.29, 1.82) is 0 Å². The third-order valence-electron chi connectivity index (χ3n) is 6.55. The Bertz CT molecular complexity index is 1600. The van der Waals surface area contributed by atoms with Gasteiger partial charge in [0, 0.05) is 28.8 Å². The van der Waals surface area contributed by atoms with Crippen LogP contribution in [0.1, 0.15) is 16.7 Å². The van der Waals surface area contributed by atoms with Gasteiger partial charge in [0.25, 0.3) is 0 Å². The van der Waals surface area contributed by atoms with E-state index in [1.807, 2.05) is 42.5 Å². The number of hydrogen-bond donors (Lipinski definition) is 2. The number of aromatic hydroxyl groups is 2. The molecule has 5 nitrogen and oxygen atoms in total. The minimum atomic E-state index is -0.931. The lowest BCUT2D eigenvalue weighted by atomic mass is 9.75. The molecule has 0 radical (unpaired) electrons. The molecule has 0 amide bonds. The van der Waals surface area contributed by atoms with Gasteiger partial charge in [-0.15, -0.1) is 0 Å². The molecule has 0 unspecified atom stereocenters. The Morgan fingerprint density at radius 1 is 0.758 bits per heavy atom. The van der Waals surface area contributed by atoms with Gasteiger partial charge in [0.15, 0.2) is 0 Å². The zero-order valence-corrected chi connectivity index (χ0v) is 18.4. The highest BCUT2D eigenvalue weighted by molar-refractivity contribution is 6.32. The van der Waals surface area contributed by atoms with Crippen LogP contribution in [-0.4, -0.2) is 19.8 Å². The summed E-state index contributed by atoms with van der Waals surface area (Å²) in [5.74, 6) is 1.50. The molecule has 5 aromatic rings. The smallest absolute Gasteiger partial charge is 0.142 e. The number of ether oxygens (including phenoxy) is 1. The fourth-order valence-corrected chi connectivity index (χ4v) is 5.60. The minimum Gasteiger partial charge on any atom is -0.506 e. The third kappa shape index (κ3) is 2.21. The van der Waals surface area contributed by atoms with Crippen molar-refractivity contribution in [2.24, 2.45) is 0 Å². The van der Waals surface area contributed by atoms with Crippen molar-refractivity contribution in [3.63, 3.8) is 0 Å². The van der Waals surface area contributed by atoms with Crippen LogP contribution in [0.4, 0.5) is 0 Å². The van der Waals surface area contributed by atoms with E-state index in [9.17, 15) is 10.2 Å². The van der Waals surface area contributed by atoms with Gasteiger partial charge in [-0.1, -0.05) is 59.6 Å². The zero-order valence-electron chi connectivity index (χ0n) is 16.9. The van der Waals surface area contributed by atoms with E-state index in [-0.39, 0.29) is 21.5 Å². The summed E-state index contributed by atoms with van der Waals surface area (Å²) in [6.45, 7) is 0. The van der Waals surface area contributed by atoms with E-state index in [1.165, 1.54) is 12.1 Å². The molecule has 160 valence electrons. The lowest BCUT2D eigenvalue weighted by molar-refractivity contribution is 0.391. The maximum atomic E-state index is 10.4. The highest BCUT2D eigenvalue weighted by atomic mass is 35.5. The molecule has 2 aliphatic rings. The Balaban J connectivity index is 1.76. The van der Waals surface area contributed by atoms with E-state index < -0.39 is 5.54 Å². The van der Waals surface area contributed by atoms with Gasteiger partial charge in [0.1, 0.15) is 34.4 Å². The summed E-state index contributed by atoms with van der Waals surface area (Å²) >= 11 is 12.9. The van der Waals surface area contributed by atoms with E-state index >= 15 is 0 Å². The monoisotopic (exact) mass is 472 g/mol. The Kier molecular flexibility index (Phi) is 3.55. The Labute approximate surface area is 198 Å². The highest BCUT2D eigenvalue weighted by Crippen LogP contribution is 2.61. The van der Waals surface area contributed by atoms with Crippen LogP contribution in [-0.2, 0) is 5.54 Å². The molecule has 0 saturated carbocycles. The van der Waals surface area contributed by atoms with Gasteiger partial charge < -0.3 is 19.5 Å². The highest BCUT2D eigenvalue weighted by Gasteiger charge is 2.53. The fourth-order valence-electron chi connectivity index (χ4n) is 5.27. The molecule has 7 rings (SSSR count). The average molecular weight is 473 g/mol. The SMILES string of the molecule is Oc1cc2c(cc1Cl)C1(c3cc(Cl)c(O)cc3O2)c2ccccc2-c2nc3ccccc3n21. The van der Waals surface area contributed by atoms with Crippen LogP contribution in [0.3, 0.4) is 0 Å². The second-order valence-electron chi connectivity index (χ2n) is 8.22. The minimum absolute atomic E-state index is 0.0887. The van der Waals surface area contributed by atoms with E-state index in [0.29, 0.717) is 11.5 Å². The van der Waals surface area contributed by atoms with E-state index in [2.05, 4.69) is 10.6 Å². The molecule has 1 aromatic heterocycles. The second kappa shape index (κ2) is 6.22. The normalized spacial score (nSPS) is 14.5. The van der Waals surface area contributed by atoms with Gasteiger partial charge in [-0.3, -0.25) is 0 Å². The standard InChI is InChI=1S/C26H14Cl2N2O3/c27-17-9-15-23(11-21(17)31)33-24-12-22(32)18(28)10-16(24)26(15)14-6-2-1-5-13(14)25-29-19-7-3-4-8-20(19)30(25)26/h1-12,31-32H. The number of halogens is 2. The molecule has 2 aliphatic heterocycles. The van der Waals surface area contributed by atoms with Gasteiger partial charge in [0.2, 0.25) is 0 Å². The number of benzene rings is 4. The van der Waals surface area contributed by atoms with E-state index in [1.54, 1.807) is 12.1 Å². The maximum Gasteiger partial charge on any atom is 0.142 e. The molecular weight excluding hydrogens is 459 g/mol. The molecule has 0 fully saturated rings. The van der Waals surface area contributed by atoms with Crippen molar-refractivity contribution in [2.75, 3.05) is 0 Å². The quantitative estimate of drug-likeness (QED) is 0.258. The van der Waals surface area contributed by atoms with Gasteiger partial charge in [0.05, 0.1) is 21.1 Å². The third-order valence-corrected chi connectivity index (χ3v) is 7.16. The largest absolute Gasteiger partial charge is 0.506 e. The molecule has 0 atom stereocenters. The van der Waals surface area contributed by atoms with Crippen molar-refractivity contribution in [3.8, 4) is 34.4 Å². The Morgan fingerprint density at radius 3 is 2.06 bits per heavy atom. The number of imidazole rings is 1. The van der Waals surface area contributed by atoms with Crippen molar-refractivity contribution in [3.05, 3.63) is 99.5 Å². The van der Waals surface area contributed by atoms with Crippen LogP contribution >= 0.6 is 23.2 Å². The molecule has 0 saturated heterocycles. The predicted molar refractivity (Wildman–Crippen MR) is 127 cm³/mol. The first-order valence-corrected chi connectivity index (χ1v) is 11.1. The van der Waals surface area contributed by atoms with E-state index in [4.69, 9.17) is 32.9 Å². The molecule has 4 aromatic carbocycles. The van der Waals surface area contributed by atoms with Crippen LogP contribution in [0.2, 0.25) is 10.0 Å². The van der Waals surface area contributed by atoms with Crippen molar-refractivity contribution < 1.29 is 14.9 Å². The Hall–Kier alpha value is -3.67. The first-order valence-electron chi connectivity index (χ1n) is 10.3. The summed E-state index contributed by atoms with van der Waals surface area (Å²) in [5, 5.41) is 21.2. The van der Waals surface area contributed by atoms with E-state index in [0.717, 1.165) is 39.1 Å². The molecule has 2 N–H and O–H groups in total. The summed E-state index contributed by atoms with van der Waals surface area (Å²) in [6.07, 6.45) is 0. The van der Waals surface area contributed by atoms with Crippen LogP contribution < -0.4 is 4.74 Å². The topological polar surface area (TPSA) is 67.5 Å². The van der Waals surface area contributed by atoms with Crippen molar-refractivity contribution >= 4 is 34.2 Å². The molecule has 33 heavy (non-hydrogen) atoms. The van der Waals surface area contributed by atoms with Gasteiger partial charge in [-0.05, 0) is 29.8 Å². The molecule has 7 heteroatoms. The second-order valence-corrected chi connectivity index (χ2v) is 9.03. The van der Waals surface area contributed by atoms with Crippen molar-refractivity contribution in [2.45, 2.75) is 5.54 Å². The summed E-state index contributed by atoms with van der Waals surface area (Å²) in [4.78, 5) is 4.97. The number of para-hydroxylation sites is 2. The number of rotatable bonds is 0. The van der Waals surface area contributed by atoms with Crippen LogP contribution in [0.15, 0.2) is 72.8 Å². The van der Waals surface area contributed by atoms with Gasteiger partial charge >= 0.3 is 0 Å². The summed E-state index contributed by atoms with van der Waals surface area (Å²) in [6, 6.07) is 22.5. The number of hydrogen-bond acceptors (Lipinski definition) is 4. The average Bonchev–Trinajstić information content (AvgIpc) is 3.32. The molecule has 0 bridgehead atoms. The predicted octanol–water partition coefficient (Wildman–Crippen LogP) is 6.68. The number of aromatic nitrogens is 2. The zero-order chi connectivity index (χ0) is 22.5. The first kappa shape index (κ1) is 18.9. The first-order chi connectivity index (χ1) is 16.0. The molecular formula is C26H14Cl2N2O3. The van der Waals surface area contributed by atoms with Crippen LogP contribution in [0.5, 0.6) is 23.0 Å². The number of nitrogens with zero attached hydrogens (tertiary/aromatic N) is 2. The number of fused-ring (bicyclic) bond motifs is 11. The number of phenols is 2. The van der Waals surface area contributed by atoms with Gasteiger partial charge in [-0.2, -0.15) is 0 Å². The maximum absolute atomic E-state index is 10.4. The van der Waals surface area contributed by atoms with Crippen LogP contribution in [0, 0.1) is 0 Å². The fraction of sp³-hybridized carbons (Fsp3) is 0.0385. The Morgan fingerprint density at radius 2 is 1.36 bits per heavy atom. The molecule has 3 heterocycles. The summed E-state index contributed by atoms with van der Waals surface area (Å²) in [5.41, 5.74) is 4.29. The lowest BCUT2D eigenvalue weighted by Crippen LogP contribution is -2.37. The summed E-state index contributed by atoms with van der Waals surface area (Å²) in [7, 11) is 0. The molecule has 0 aliphatic carbocycles. The van der Waals surface area contributed by atoms with Gasteiger partial charge in [-0.25, -0.2) is 4.98 Å². The number of phenolic OH excluding ortho intramolecular Hbond substituents is 2.